The van der Waals surface area contributed by atoms with Gasteiger partial charge in [0.1, 0.15) is 18.0 Å². The van der Waals surface area contributed by atoms with E-state index in [9.17, 15) is 5.11 Å². The average molecular weight is 412 g/mol. The Labute approximate surface area is 179 Å². The van der Waals surface area contributed by atoms with Gasteiger partial charge in [-0.15, -0.1) is 0 Å². The summed E-state index contributed by atoms with van der Waals surface area (Å²) in [6.07, 6.45) is 1.61. The minimum atomic E-state index is -0.870. The third-order valence-corrected chi connectivity index (χ3v) is 5.39. The van der Waals surface area contributed by atoms with E-state index in [4.69, 9.17) is 14.5 Å². The van der Waals surface area contributed by atoms with Gasteiger partial charge in [0.05, 0.1) is 19.7 Å². The highest BCUT2D eigenvalue weighted by Crippen LogP contribution is 2.36. The lowest BCUT2D eigenvalue weighted by atomic mass is 9.96. The molecule has 1 atom stereocenters. The van der Waals surface area contributed by atoms with Gasteiger partial charge in [-0.05, 0) is 49.4 Å². The zero-order chi connectivity index (χ0) is 21.4. The molecule has 3 N–H and O–H groups in total. The van der Waals surface area contributed by atoms with Crippen LogP contribution in [0.3, 0.4) is 0 Å². The van der Waals surface area contributed by atoms with Crippen LogP contribution < -0.4 is 15.4 Å². The summed E-state index contributed by atoms with van der Waals surface area (Å²) in [5.74, 6) is 1.51. The fraction of sp³-hybridized carbons (Fsp3) is 0.458. The first-order valence-electron chi connectivity index (χ1n) is 10.6. The zero-order valence-electron chi connectivity index (χ0n) is 18.2. The van der Waals surface area contributed by atoms with Crippen LogP contribution in [0, 0.1) is 6.92 Å². The highest BCUT2D eigenvalue weighted by molar-refractivity contribution is 5.80. The van der Waals surface area contributed by atoms with Crippen LogP contribution in [0.5, 0.6) is 5.75 Å². The van der Waals surface area contributed by atoms with E-state index in [-0.39, 0.29) is 0 Å². The van der Waals surface area contributed by atoms with Crippen LogP contribution in [-0.2, 0) is 23.3 Å². The molecule has 2 aromatic rings. The average Bonchev–Trinajstić information content (AvgIpc) is 3.09. The number of guanidine groups is 1. The number of fused-ring (bicyclic) bond motifs is 1. The topological polar surface area (TPSA) is 75.1 Å². The number of nitrogens with zero attached hydrogens (tertiary/aromatic N) is 1. The van der Waals surface area contributed by atoms with Gasteiger partial charge >= 0.3 is 0 Å². The first kappa shape index (κ1) is 22.1. The molecule has 1 aliphatic rings. The second kappa shape index (κ2) is 10.5. The molecule has 6 heteroatoms. The molecule has 0 bridgehead atoms. The summed E-state index contributed by atoms with van der Waals surface area (Å²) in [6, 6.07) is 14.3. The monoisotopic (exact) mass is 411 g/mol. The van der Waals surface area contributed by atoms with E-state index in [1.54, 1.807) is 7.11 Å². The largest absolute Gasteiger partial charge is 0.491 e. The van der Waals surface area contributed by atoms with Crippen molar-refractivity contribution < 1.29 is 14.6 Å². The summed E-state index contributed by atoms with van der Waals surface area (Å²) >= 11 is 0. The third kappa shape index (κ3) is 5.52. The Morgan fingerprint density at radius 2 is 2.00 bits per heavy atom. The van der Waals surface area contributed by atoms with Crippen molar-refractivity contribution in [2.45, 2.75) is 38.8 Å². The first-order chi connectivity index (χ1) is 14.6. The number of hydrogen-bond donors (Lipinski definition) is 3. The van der Waals surface area contributed by atoms with Crippen molar-refractivity contribution in [2.75, 3.05) is 33.4 Å². The van der Waals surface area contributed by atoms with Gasteiger partial charge in [-0.25, -0.2) is 4.99 Å². The minimum absolute atomic E-state index is 0.418. The molecule has 2 aromatic carbocycles. The standard InChI is InChI=1S/C24H33N3O3/c1-4-25-23(27-17-24(28)12-11-19-7-5-6-8-21(19)24)26-16-20-10-9-18(2)15-22(20)30-14-13-29-3/h5-10,15,28H,4,11-14,16-17H2,1-3H3,(H2,25,26,27). The minimum Gasteiger partial charge on any atom is -0.491 e. The normalized spacial score (nSPS) is 18.2. The smallest absolute Gasteiger partial charge is 0.191 e. The Hall–Kier alpha value is -2.57. The first-order valence-corrected chi connectivity index (χ1v) is 10.6. The van der Waals surface area contributed by atoms with E-state index in [2.05, 4.69) is 22.8 Å². The van der Waals surface area contributed by atoms with Crippen LogP contribution in [0.2, 0.25) is 0 Å². The molecule has 6 nitrogen and oxygen atoms in total. The molecular formula is C24H33N3O3. The van der Waals surface area contributed by atoms with Gasteiger partial charge in [0.2, 0.25) is 0 Å². The zero-order valence-corrected chi connectivity index (χ0v) is 18.2. The lowest BCUT2D eigenvalue weighted by Crippen LogP contribution is -2.45. The Bertz CT molecular complexity index is 869. The number of aliphatic hydroxyl groups is 1. The molecule has 0 fully saturated rings. The van der Waals surface area contributed by atoms with Crippen molar-refractivity contribution in [3.63, 3.8) is 0 Å². The van der Waals surface area contributed by atoms with Crippen LogP contribution in [0.25, 0.3) is 0 Å². The van der Waals surface area contributed by atoms with Crippen molar-refractivity contribution in [3.8, 4) is 5.75 Å². The number of aryl methyl sites for hydroxylation is 2. The number of hydrogen-bond acceptors (Lipinski definition) is 4. The SMILES string of the molecule is CCNC(=NCc1ccc(C)cc1OCCOC)NCC1(O)CCc2ccccc21. The van der Waals surface area contributed by atoms with E-state index >= 15 is 0 Å². The van der Waals surface area contributed by atoms with Crippen LogP contribution in [0.15, 0.2) is 47.5 Å². The fourth-order valence-corrected chi connectivity index (χ4v) is 3.75. The van der Waals surface area contributed by atoms with E-state index in [0.717, 1.165) is 35.4 Å². The molecule has 3 rings (SSSR count). The maximum Gasteiger partial charge on any atom is 0.191 e. The van der Waals surface area contributed by atoms with Gasteiger partial charge in [0.15, 0.2) is 5.96 Å². The predicted molar refractivity (Wildman–Crippen MR) is 120 cm³/mol. The lowest BCUT2D eigenvalue weighted by molar-refractivity contribution is 0.0432. The van der Waals surface area contributed by atoms with Crippen LogP contribution in [-0.4, -0.2) is 44.5 Å². The van der Waals surface area contributed by atoms with Crippen LogP contribution in [0.1, 0.15) is 35.6 Å². The number of rotatable bonds is 9. The molecular weight excluding hydrogens is 378 g/mol. The van der Waals surface area contributed by atoms with Gasteiger partial charge in [-0.2, -0.15) is 0 Å². The van der Waals surface area contributed by atoms with E-state index in [1.807, 2.05) is 44.2 Å². The third-order valence-electron chi connectivity index (χ3n) is 5.39. The van der Waals surface area contributed by atoms with Gasteiger partial charge < -0.3 is 25.2 Å². The summed E-state index contributed by atoms with van der Waals surface area (Å²) in [5.41, 5.74) is 3.52. The molecule has 1 aliphatic carbocycles. The van der Waals surface area contributed by atoms with Gasteiger partial charge in [0.25, 0.3) is 0 Å². The van der Waals surface area contributed by atoms with Crippen molar-refractivity contribution in [3.05, 3.63) is 64.7 Å². The lowest BCUT2D eigenvalue weighted by Gasteiger charge is -2.25. The Morgan fingerprint density at radius 3 is 2.80 bits per heavy atom. The predicted octanol–water partition coefficient (Wildman–Crippen LogP) is 2.91. The maximum atomic E-state index is 11.2. The molecule has 162 valence electrons. The molecule has 0 saturated carbocycles. The summed E-state index contributed by atoms with van der Waals surface area (Å²) in [4.78, 5) is 4.72. The van der Waals surface area contributed by atoms with Crippen molar-refractivity contribution in [1.29, 1.82) is 0 Å². The highest BCUT2D eigenvalue weighted by Gasteiger charge is 2.36. The molecule has 30 heavy (non-hydrogen) atoms. The Kier molecular flexibility index (Phi) is 7.71. The number of aliphatic imine (C=N–C) groups is 1. The molecule has 0 aromatic heterocycles. The fourth-order valence-electron chi connectivity index (χ4n) is 3.75. The van der Waals surface area contributed by atoms with E-state index in [0.29, 0.717) is 38.7 Å². The molecule has 0 aliphatic heterocycles. The molecule has 0 heterocycles. The van der Waals surface area contributed by atoms with Gasteiger partial charge in [-0.1, -0.05) is 36.4 Å². The van der Waals surface area contributed by atoms with Crippen LogP contribution in [0.4, 0.5) is 0 Å². The van der Waals surface area contributed by atoms with Crippen molar-refractivity contribution >= 4 is 5.96 Å². The second-order valence-electron chi connectivity index (χ2n) is 7.69. The van der Waals surface area contributed by atoms with Crippen molar-refractivity contribution in [1.82, 2.24) is 10.6 Å². The van der Waals surface area contributed by atoms with E-state index < -0.39 is 5.60 Å². The number of methoxy groups -OCH3 is 1. The molecule has 0 radical (unpaired) electrons. The Balaban J connectivity index is 1.68. The summed E-state index contributed by atoms with van der Waals surface area (Å²) < 4.78 is 11.0. The van der Waals surface area contributed by atoms with Gasteiger partial charge in [0, 0.05) is 19.2 Å². The Morgan fingerprint density at radius 1 is 1.17 bits per heavy atom. The highest BCUT2D eigenvalue weighted by atomic mass is 16.5. The summed E-state index contributed by atoms with van der Waals surface area (Å²) in [7, 11) is 1.66. The number of benzene rings is 2. The van der Waals surface area contributed by atoms with Crippen molar-refractivity contribution in [2.24, 2.45) is 4.99 Å². The molecule has 0 amide bonds. The quantitative estimate of drug-likeness (QED) is 0.336. The number of ether oxygens (including phenoxy) is 2. The number of nitrogens with one attached hydrogen (secondary N) is 2. The molecule has 1 unspecified atom stereocenters. The summed E-state index contributed by atoms with van der Waals surface area (Å²) in [6.45, 7) is 6.76. The second-order valence-corrected chi connectivity index (χ2v) is 7.69. The van der Waals surface area contributed by atoms with Gasteiger partial charge in [-0.3, -0.25) is 0 Å². The molecule has 0 spiro atoms. The van der Waals surface area contributed by atoms with E-state index in [1.165, 1.54) is 5.56 Å². The maximum absolute atomic E-state index is 11.2. The van der Waals surface area contributed by atoms with Crippen LogP contribution >= 0.6 is 0 Å². The summed E-state index contributed by atoms with van der Waals surface area (Å²) in [5, 5.41) is 17.8. The molecule has 0 saturated heterocycles.